The van der Waals surface area contributed by atoms with Crippen LogP contribution in [0.2, 0.25) is 0 Å². The van der Waals surface area contributed by atoms with Crippen molar-refractivity contribution in [2.45, 2.75) is 25.2 Å². The van der Waals surface area contributed by atoms with E-state index in [1.807, 2.05) is 19.9 Å². The summed E-state index contributed by atoms with van der Waals surface area (Å²) in [6.07, 6.45) is 0.818. The summed E-state index contributed by atoms with van der Waals surface area (Å²) in [5.41, 5.74) is 0.960. The van der Waals surface area contributed by atoms with E-state index in [2.05, 4.69) is 15.9 Å². The maximum Gasteiger partial charge on any atom is 0.243 e. The van der Waals surface area contributed by atoms with Gasteiger partial charge in [-0.3, -0.25) is 0 Å². The van der Waals surface area contributed by atoms with E-state index < -0.39 is 10.0 Å². The zero-order valence-electron chi connectivity index (χ0n) is 10.2. The summed E-state index contributed by atoms with van der Waals surface area (Å²) in [5.74, 6) is 0. The van der Waals surface area contributed by atoms with Crippen molar-refractivity contribution in [2.24, 2.45) is 0 Å². The Bertz CT molecular complexity index is 453. The molecule has 96 valence electrons. The lowest BCUT2D eigenvalue weighted by Gasteiger charge is -2.20. The van der Waals surface area contributed by atoms with Crippen molar-refractivity contribution >= 4 is 26.0 Å². The van der Waals surface area contributed by atoms with Gasteiger partial charge in [-0.2, -0.15) is 4.31 Å². The van der Waals surface area contributed by atoms with Gasteiger partial charge in [0.05, 0.1) is 4.90 Å². The molecular weight excluding hydrogens is 302 g/mol. The summed E-state index contributed by atoms with van der Waals surface area (Å²) in [4.78, 5) is 0.381. The molecule has 1 aromatic rings. The van der Waals surface area contributed by atoms with Gasteiger partial charge in [0.1, 0.15) is 0 Å². The standard InChI is InChI=1S/C12H18BrNO2S/c1-3-8-14(9-7-13)17(15,16)12-6-4-5-11(2)10-12/h4-6,10H,3,7-9H2,1-2H3. The fraction of sp³-hybridized carbons (Fsp3) is 0.500. The van der Waals surface area contributed by atoms with Crippen LogP contribution in [0.4, 0.5) is 0 Å². The maximum atomic E-state index is 12.4. The molecule has 1 aromatic carbocycles. The summed E-state index contributed by atoms with van der Waals surface area (Å²) < 4.78 is 26.3. The molecule has 1 rings (SSSR count). The molecule has 0 aliphatic carbocycles. The summed E-state index contributed by atoms with van der Waals surface area (Å²) in [5, 5.41) is 0.651. The Morgan fingerprint density at radius 1 is 1.29 bits per heavy atom. The van der Waals surface area contributed by atoms with Crippen molar-refractivity contribution in [3.63, 3.8) is 0 Å². The van der Waals surface area contributed by atoms with Crippen LogP contribution in [-0.4, -0.2) is 31.1 Å². The van der Waals surface area contributed by atoms with Crippen LogP contribution < -0.4 is 0 Å². The van der Waals surface area contributed by atoms with Crippen LogP contribution in [0.15, 0.2) is 29.2 Å². The first-order valence-corrected chi connectivity index (χ1v) is 8.21. The first-order chi connectivity index (χ1) is 8.02. The van der Waals surface area contributed by atoms with Crippen molar-refractivity contribution in [3.05, 3.63) is 29.8 Å². The topological polar surface area (TPSA) is 37.4 Å². The van der Waals surface area contributed by atoms with E-state index in [9.17, 15) is 8.42 Å². The predicted molar refractivity (Wildman–Crippen MR) is 74.0 cm³/mol. The Labute approximate surface area is 112 Å². The summed E-state index contributed by atoms with van der Waals surface area (Å²) in [6.45, 7) is 4.94. The summed E-state index contributed by atoms with van der Waals surface area (Å²) >= 11 is 3.29. The normalized spacial score (nSPS) is 12.0. The second-order valence-corrected chi connectivity index (χ2v) is 6.64. The molecule has 3 nitrogen and oxygen atoms in total. The number of rotatable bonds is 6. The fourth-order valence-corrected chi connectivity index (χ4v) is 3.92. The molecule has 0 aromatic heterocycles. The zero-order valence-corrected chi connectivity index (χ0v) is 12.6. The molecule has 0 heterocycles. The highest BCUT2D eigenvalue weighted by Crippen LogP contribution is 2.17. The van der Waals surface area contributed by atoms with Gasteiger partial charge in [-0.1, -0.05) is 35.0 Å². The minimum Gasteiger partial charge on any atom is -0.207 e. The third-order valence-corrected chi connectivity index (χ3v) is 4.68. The highest BCUT2D eigenvalue weighted by Gasteiger charge is 2.22. The van der Waals surface area contributed by atoms with E-state index in [4.69, 9.17) is 0 Å². The lowest BCUT2D eigenvalue weighted by atomic mass is 10.2. The molecule has 0 aliphatic rings. The van der Waals surface area contributed by atoms with Gasteiger partial charge in [0.2, 0.25) is 10.0 Å². The van der Waals surface area contributed by atoms with Gasteiger partial charge in [-0.15, -0.1) is 0 Å². The third-order valence-electron chi connectivity index (χ3n) is 2.43. The van der Waals surface area contributed by atoms with Gasteiger partial charge in [-0.05, 0) is 31.0 Å². The maximum absolute atomic E-state index is 12.4. The number of sulfonamides is 1. The number of alkyl halides is 1. The molecule has 0 unspecified atom stereocenters. The fourth-order valence-electron chi connectivity index (χ4n) is 1.62. The van der Waals surface area contributed by atoms with Crippen molar-refractivity contribution in [2.75, 3.05) is 18.4 Å². The number of nitrogens with zero attached hydrogens (tertiary/aromatic N) is 1. The minimum atomic E-state index is -3.34. The first-order valence-electron chi connectivity index (χ1n) is 5.65. The highest BCUT2D eigenvalue weighted by atomic mass is 79.9. The molecule has 0 saturated carbocycles. The first kappa shape index (κ1) is 14.7. The molecule has 0 radical (unpaired) electrons. The molecule has 0 amide bonds. The van der Waals surface area contributed by atoms with Gasteiger partial charge < -0.3 is 0 Å². The van der Waals surface area contributed by atoms with E-state index in [1.165, 1.54) is 4.31 Å². The molecule has 0 atom stereocenters. The van der Waals surface area contributed by atoms with Crippen molar-refractivity contribution < 1.29 is 8.42 Å². The van der Waals surface area contributed by atoms with Crippen LogP contribution in [0.25, 0.3) is 0 Å². The van der Waals surface area contributed by atoms with Gasteiger partial charge >= 0.3 is 0 Å². The Balaban J connectivity index is 3.07. The molecule has 0 spiro atoms. The molecular formula is C12H18BrNO2S. The Morgan fingerprint density at radius 2 is 2.00 bits per heavy atom. The average Bonchev–Trinajstić information content (AvgIpc) is 2.29. The second-order valence-electron chi connectivity index (χ2n) is 3.91. The minimum absolute atomic E-state index is 0.381. The lowest BCUT2D eigenvalue weighted by molar-refractivity contribution is 0.430. The Morgan fingerprint density at radius 3 is 2.53 bits per heavy atom. The molecule has 0 bridgehead atoms. The molecule has 17 heavy (non-hydrogen) atoms. The number of halogens is 1. The van der Waals surface area contributed by atoms with Crippen LogP contribution in [0.1, 0.15) is 18.9 Å². The molecule has 0 saturated heterocycles. The van der Waals surface area contributed by atoms with Crippen molar-refractivity contribution in [1.82, 2.24) is 4.31 Å². The van der Waals surface area contributed by atoms with Crippen LogP contribution >= 0.6 is 15.9 Å². The van der Waals surface area contributed by atoms with Gasteiger partial charge in [0.25, 0.3) is 0 Å². The number of benzene rings is 1. The van der Waals surface area contributed by atoms with E-state index >= 15 is 0 Å². The van der Waals surface area contributed by atoms with Crippen molar-refractivity contribution in [3.8, 4) is 0 Å². The number of aryl methyl sites for hydroxylation is 1. The van der Waals surface area contributed by atoms with E-state index in [1.54, 1.807) is 18.2 Å². The molecule has 0 fully saturated rings. The molecule has 5 heteroatoms. The number of hydrogen-bond acceptors (Lipinski definition) is 2. The van der Waals surface area contributed by atoms with Crippen LogP contribution in [-0.2, 0) is 10.0 Å². The largest absolute Gasteiger partial charge is 0.243 e. The predicted octanol–water partition coefficient (Wildman–Crippen LogP) is 2.79. The van der Waals surface area contributed by atoms with Gasteiger partial charge in [0, 0.05) is 18.4 Å². The van der Waals surface area contributed by atoms with E-state index in [0.717, 1.165) is 12.0 Å². The summed E-state index contributed by atoms with van der Waals surface area (Å²) in [6, 6.07) is 7.04. The lowest BCUT2D eigenvalue weighted by Crippen LogP contribution is -2.33. The van der Waals surface area contributed by atoms with Crippen LogP contribution in [0, 0.1) is 6.92 Å². The Hall–Kier alpha value is -0.390. The van der Waals surface area contributed by atoms with Crippen molar-refractivity contribution in [1.29, 1.82) is 0 Å². The SMILES string of the molecule is CCCN(CCBr)S(=O)(=O)c1cccc(C)c1. The monoisotopic (exact) mass is 319 g/mol. The number of hydrogen-bond donors (Lipinski definition) is 0. The quantitative estimate of drug-likeness (QED) is 0.756. The third kappa shape index (κ3) is 3.79. The molecule has 0 N–H and O–H groups in total. The Kier molecular flexibility index (Phi) is 5.62. The molecule has 0 aliphatic heterocycles. The van der Waals surface area contributed by atoms with E-state index in [-0.39, 0.29) is 0 Å². The highest BCUT2D eigenvalue weighted by molar-refractivity contribution is 9.09. The zero-order chi connectivity index (χ0) is 12.9. The van der Waals surface area contributed by atoms with Gasteiger partial charge in [0.15, 0.2) is 0 Å². The van der Waals surface area contributed by atoms with E-state index in [0.29, 0.717) is 23.3 Å². The average molecular weight is 320 g/mol. The van der Waals surface area contributed by atoms with Crippen LogP contribution in [0.3, 0.4) is 0 Å². The van der Waals surface area contributed by atoms with Gasteiger partial charge in [-0.25, -0.2) is 8.42 Å². The van der Waals surface area contributed by atoms with Crippen LogP contribution in [0.5, 0.6) is 0 Å². The second kappa shape index (κ2) is 6.52. The smallest absolute Gasteiger partial charge is 0.207 e. The summed E-state index contributed by atoms with van der Waals surface area (Å²) in [7, 11) is -3.34.